The van der Waals surface area contributed by atoms with Crippen LogP contribution in [0, 0.1) is 0 Å². The van der Waals surface area contributed by atoms with E-state index in [-0.39, 0.29) is 26.4 Å². The van der Waals surface area contributed by atoms with Crippen LogP contribution in [-0.2, 0) is 31.1 Å². The van der Waals surface area contributed by atoms with Crippen molar-refractivity contribution in [3.8, 4) is 22.6 Å². The summed E-state index contributed by atoms with van der Waals surface area (Å²) >= 11 is 0. The van der Waals surface area contributed by atoms with Gasteiger partial charge in [-0.2, -0.15) is 0 Å². The van der Waals surface area contributed by atoms with E-state index < -0.39 is 5.41 Å². The Hall–Kier alpha value is -6.72. The quantitative estimate of drug-likeness (QED) is 0.102. The first-order chi connectivity index (χ1) is 30.1. The third-order valence-electron chi connectivity index (χ3n) is 11.9. The zero-order chi connectivity index (χ0) is 41.4. The Morgan fingerprint density at radius 3 is 0.918 bits per heavy atom. The second-order valence-corrected chi connectivity index (χ2v) is 15.9. The normalized spacial score (nSPS) is 12.4. The van der Waals surface area contributed by atoms with E-state index in [4.69, 9.17) is 9.47 Å². The molecule has 0 unspecified atom stereocenters. The summed E-state index contributed by atoms with van der Waals surface area (Å²) in [5.41, 5.74) is 15.4. The molecule has 0 heterocycles. The maximum Gasteiger partial charge on any atom is 0.126 e. The molecule has 0 bridgehead atoms. The molecule has 1 aliphatic carbocycles. The summed E-state index contributed by atoms with van der Waals surface area (Å²) in [6.07, 6.45) is 2.62. The van der Waals surface area contributed by atoms with Gasteiger partial charge >= 0.3 is 0 Å². The topological polar surface area (TPSA) is 58.9 Å². The van der Waals surface area contributed by atoms with Crippen LogP contribution in [0.4, 0.5) is 0 Å². The van der Waals surface area contributed by atoms with Crippen molar-refractivity contribution in [1.82, 2.24) is 0 Å². The fraction of sp³-hybridized carbons (Fsp3) is 0.158. The monoisotopic (exact) mass is 798 g/mol. The molecule has 0 fully saturated rings. The summed E-state index contributed by atoms with van der Waals surface area (Å²) in [7, 11) is 0. The van der Waals surface area contributed by atoms with Gasteiger partial charge in [0.25, 0.3) is 0 Å². The molecule has 0 radical (unpaired) electrons. The molecule has 0 spiro atoms. The number of aliphatic hydroxyl groups excluding tert-OH is 2. The lowest BCUT2D eigenvalue weighted by Gasteiger charge is -2.36. The molecule has 4 heteroatoms. The predicted octanol–water partition coefficient (Wildman–Crippen LogP) is 11.2. The van der Waals surface area contributed by atoms with E-state index in [9.17, 15) is 10.2 Å². The number of aliphatic hydroxyl groups is 2. The second kappa shape index (κ2) is 18.3. The zero-order valence-electron chi connectivity index (χ0n) is 34.3. The first-order valence-electron chi connectivity index (χ1n) is 21.3. The molecular formula is C57H50O4. The highest BCUT2D eigenvalue weighted by molar-refractivity contribution is 5.86. The van der Waals surface area contributed by atoms with Crippen molar-refractivity contribution in [1.29, 1.82) is 0 Å². The van der Waals surface area contributed by atoms with E-state index in [1.807, 2.05) is 0 Å². The van der Waals surface area contributed by atoms with Gasteiger partial charge < -0.3 is 19.7 Å². The molecule has 8 aromatic rings. The van der Waals surface area contributed by atoms with Crippen molar-refractivity contribution in [2.24, 2.45) is 0 Å². The van der Waals surface area contributed by atoms with Gasteiger partial charge in [-0.25, -0.2) is 0 Å². The van der Waals surface area contributed by atoms with Gasteiger partial charge in [0.1, 0.15) is 24.7 Å². The molecule has 0 aliphatic heterocycles. The van der Waals surface area contributed by atoms with Crippen molar-refractivity contribution in [3.05, 3.63) is 261 Å². The molecule has 0 aromatic heterocycles. The lowest BCUT2D eigenvalue weighted by atomic mass is 9.66. The third kappa shape index (κ3) is 8.13. The van der Waals surface area contributed by atoms with Crippen LogP contribution in [0.2, 0.25) is 0 Å². The fourth-order valence-electron chi connectivity index (χ4n) is 9.42. The lowest BCUT2D eigenvalue weighted by Crippen LogP contribution is -2.30. The van der Waals surface area contributed by atoms with E-state index >= 15 is 0 Å². The molecular weight excluding hydrogens is 749 g/mol. The smallest absolute Gasteiger partial charge is 0.126 e. The molecule has 1 aliphatic rings. The molecule has 0 saturated heterocycles. The Labute approximate surface area is 359 Å². The van der Waals surface area contributed by atoms with Crippen molar-refractivity contribution in [2.45, 2.75) is 31.1 Å². The van der Waals surface area contributed by atoms with Gasteiger partial charge in [-0.1, -0.05) is 194 Å². The molecule has 0 atom stereocenters. The average molecular weight is 799 g/mol. The lowest BCUT2D eigenvalue weighted by molar-refractivity contribution is 0.199. The number of benzene rings is 8. The summed E-state index contributed by atoms with van der Waals surface area (Å²) in [6.45, 7) is 0.226. The molecule has 4 nitrogen and oxygen atoms in total. The first-order valence-corrected chi connectivity index (χ1v) is 21.3. The summed E-state index contributed by atoms with van der Waals surface area (Å²) in [5.74, 6) is 1.64. The van der Waals surface area contributed by atoms with E-state index in [0.717, 1.165) is 44.9 Å². The van der Waals surface area contributed by atoms with Gasteiger partial charge in [-0.3, -0.25) is 0 Å². The fourth-order valence-corrected chi connectivity index (χ4v) is 9.42. The molecule has 0 saturated carbocycles. The predicted molar refractivity (Wildman–Crippen MR) is 246 cm³/mol. The summed E-state index contributed by atoms with van der Waals surface area (Å²) in [5, 5.41) is 20.2. The zero-order valence-corrected chi connectivity index (χ0v) is 34.3. The maximum absolute atomic E-state index is 10.1. The first kappa shape index (κ1) is 39.7. The Balaban J connectivity index is 1.38. The van der Waals surface area contributed by atoms with Gasteiger partial charge in [0, 0.05) is 25.7 Å². The largest absolute Gasteiger partial charge is 0.491 e. The molecule has 8 aromatic carbocycles. The highest BCUT2D eigenvalue weighted by Gasteiger charge is 2.47. The van der Waals surface area contributed by atoms with Gasteiger partial charge in [-0.05, 0) is 77.9 Å². The number of ether oxygens (including phenoxy) is 2. The Morgan fingerprint density at radius 1 is 0.344 bits per heavy atom. The van der Waals surface area contributed by atoms with Crippen LogP contribution < -0.4 is 9.47 Å². The van der Waals surface area contributed by atoms with E-state index in [1.54, 1.807) is 0 Å². The third-order valence-corrected chi connectivity index (χ3v) is 11.9. The molecule has 2 N–H and O–H groups in total. The minimum Gasteiger partial charge on any atom is -0.491 e. The van der Waals surface area contributed by atoms with Crippen molar-refractivity contribution in [2.75, 3.05) is 26.4 Å². The van der Waals surface area contributed by atoms with E-state index in [2.05, 4.69) is 194 Å². The van der Waals surface area contributed by atoms with Crippen molar-refractivity contribution >= 4 is 0 Å². The highest BCUT2D eigenvalue weighted by atomic mass is 16.5. The Kier molecular flexibility index (Phi) is 11.9. The van der Waals surface area contributed by atoms with Gasteiger partial charge in [0.2, 0.25) is 0 Å². The van der Waals surface area contributed by atoms with Crippen LogP contribution in [0.5, 0.6) is 11.5 Å². The van der Waals surface area contributed by atoms with Crippen molar-refractivity contribution < 1.29 is 19.7 Å². The van der Waals surface area contributed by atoms with Gasteiger partial charge in [0.15, 0.2) is 0 Å². The molecule has 0 amide bonds. The minimum atomic E-state index is -0.744. The van der Waals surface area contributed by atoms with Crippen LogP contribution in [-0.4, -0.2) is 36.6 Å². The average Bonchev–Trinajstić information content (AvgIpc) is 3.61. The van der Waals surface area contributed by atoms with Crippen LogP contribution in [0.25, 0.3) is 11.1 Å². The Bertz CT molecular complexity index is 2390. The summed E-state index contributed by atoms with van der Waals surface area (Å²) in [4.78, 5) is 0. The number of hydrogen-bond donors (Lipinski definition) is 2. The van der Waals surface area contributed by atoms with Gasteiger partial charge in [0.05, 0.1) is 18.6 Å². The highest BCUT2D eigenvalue weighted by Crippen LogP contribution is 2.57. The van der Waals surface area contributed by atoms with Crippen LogP contribution in [0.3, 0.4) is 0 Å². The van der Waals surface area contributed by atoms with Crippen LogP contribution >= 0.6 is 0 Å². The second-order valence-electron chi connectivity index (χ2n) is 15.9. The number of hydrogen-bond acceptors (Lipinski definition) is 4. The van der Waals surface area contributed by atoms with Crippen LogP contribution in [0.15, 0.2) is 194 Å². The Morgan fingerprint density at radius 2 is 0.623 bits per heavy atom. The molecule has 302 valence electrons. The van der Waals surface area contributed by atoms with Crippen LogP contribution in [0.1, 0.15) is 66.8 Å². The molecule has 9 rings (SSSR count). The number of rotatable bonds is 16. The number of fused-ring (bicyclic) bond motifs is 3. The SMILES string of the molecule is OCCOc1c(Cc2ccccc2)cc(C2(c3cc(Cc4ccccc4)c(OCCO)c(Cc4ccccc4)c3)c3ccccc3-c3ccccc32)cc1Cc1ccccc1. The van der Waals surface area contributed by atoms with Crippen molar-refractivity contribution in [3.63, 3.8) is 0 Å². The standard InChI is InChI=1S/C57H50O4/c58-29-31-60-55-45(33-41-17-5-1-6-18-41)37-49(38-46(55)34-42-19-7-2-8-20-42)57(53-27-15-13-25-51(53)52-26-14-16-28-54(52)57)50-39-47(35-43-21-9-3-10-22-43)56(61-32-30-59)48(40-50)36-44-23-11-4-12-24-44/h1-28,37-40,58-59H,29-36H2. The summed E-state index contributed by atoms with van der Waals surface area (Å²) in [6, 6.07) is 69.6. The summed E-state index contributed by atoms with van der Waals surface area (Å²) < 4.78 is 13.2. The maximum atomic E-state index is 10.1. The van der Waals surface area contributed by atoms with Gasteiger partial charge in [-0.15, -0.1) is 0 Å². The van der Waals surface area contributed by atoms with E-state index in [0.29, 0.717) is 25.7 Å². The molecule has 61 heavy (non-hydrogen) atoms. The van der Waals surface area contributed by atoms with E-state index in [1.165, 1.54) is 44.5 Å². The minimum absolute atomic E-state index is 0.0823.